The van der Waals surface area contributed by atoms with E-state index in [0.717, 1.165) is 4.90 Å². The van der Waals surface area contributed by atoms with E-state index in [1.807, 2.05) is 0 Å². The number of carbonyl (C=O) groups is 1. The van der Waals surface area contributed by atoms with E-state index >= 15 is 0 Å². The van der Waals surface area contributed by atoms with Gasteiger partial charge in [-0.3, -0.25) is 4.79 Å². The SMILES string of the molecule is COCCN(CC(F)F)C(=O)C1CCCN(S(=O)(=O)c2c(C)noc2C)C1. The molecule has 1 aliphatic heterocycles. The van der Waals surface area contributed by atoms with Gasteiger partial charge in [-0.2, -0.15) is 4.31 Å². The number of sulfonamides is 1. The predicted molar refractivity (Wildman–Crippen MR) is 91.9 cm³/mol. The summed E-state index contributed by atoms with van der Waals surface area (Å²) in [5, 5.41) is 3.67. The molecule has 0 radical (unpaired) electrons. The highest BCUT2D eigenvalue weighted by Crippen LogP contribution is 2.28. The summed E-state index contributed by atoms with van der Waals surface area (Å²) in [6, 6.07) is 0. The summed E-state index contributed by atoms with van der Waals surface area (Å²) < 4.78 is 62.6. The Morgan fingerprint density at radius 1 is 1.44 bits per heavy atom. The van der Waals surface area contributed by atoms with Crippen LogP contribution in [-0.4, -0.2) is 75.0 Å². The number of hydrogen-bond donors (Lipinski definition) is 0. The van der Waals surface area contributed by atoms with Crippen molar-refractivity contribution < 1.29 is 31.3 Å². The van der Waals surface area contributed by atoms with Crippen LogP contribution in [-0.2, 0) is 19.6 Å². The van der Waals surface area contributed by atoms with Crippen molar-refractivity contribution in [3.05, 3.63) is 11.5 Å². The minimum absolute atomic E-state index is 0.000538. The highest BCUT2D eigenvalue weighted by Gasteiger charge is 2.37. The second-order valence-electron chi connectivity index (χ2n) is 6.52. The van der Waals surface area contributed by atoms with Crippen LogP contribution in [0.25, 0.3) is 0 Å². The predicted octanol–water partition coefficient (Wildman–Crippen LogP) is 1.43. The summed E-state index contributed by atoms with van der Waals surface area (Å²) in [6.45, 7) is 2.70. The number of aromatic nitrogens is 1. The number of ether oxygens (including phenoxy) is 1. The molecular weight excluding hydrogens is 384 g/mol. The molecule has 0 aliphatic carbocycles. The Bertz CT molecular complexity index is 734. The standard InChI is InChI=1S/C16H25F2N3O5S/c1-11-15(12(2)26-19-11)27(23,24)21-6-4-5-13(9-21)16(22)20(7-8-25-3)10-14(17)18/h13-14H,4-10H2,1-3H3. The summed E-state index contributed by atoms with van der Waals surface area (Å²) >= 11 is 0. The van der Waals surface area contributed by atoms with Gasteiger partial charge in [0.1, 0.15) is 10.6 Å². The third-order valence-corrected chi connectivity index (χ3v) is 6.64. The molecule has 2 rings (SSSR count). The van der Waals surface area contributed by atoms with Gasteiger partial charge in [0, 0.05) is 26.7 Å². The second kappa shape index (κ2) is 9.07. The lowest BCUT2D eigenvalue weighted by Crippen LogP contribution is -2.48. The molecule has 0 aromatic carbocycles. The molecule has 0 spiro atoms. The number of hydrogen-bond acceptors (Lipinski definition) is 6. The number of nitrogens with zero attached hydrogens (tertiary/aromatic N) is 3. The average molecular weight is 409 g/mol. The fourth-order valence-electron chi connectivity index (χ4n) is 3.25. The van der Waals surface area contributed by atoms with Gasteiger partial charge >= 0.3 is 0 Å². The molecule has 0 saturated carbocycles. The summed E-state index contributed by atoms with van der Waals surface area (Å²) in [6.07, 6.45) is -1.76. The Hall–Kier alpha value is -1.59. The molecule has 154 valence electrons. The minimum atomic E-state index is -3.88. The van der Waals surface area contributed by atoms with E-state index in [1.165, 1.54) is 25.3 Å². The van der Waals surface area contributed by atoms with Gasteiger partial charge in [-0.15, -0.1) is 0 Å². The molecule has 0 bridgehead atoms. The van der Waals surface area contributed by atoms with Crippen LogP contribution in [0.1, 0.15) is 24.3 Å². The molecule has 1 atom stereocenters. The van der Waals surface area contributed by atoms with E-state index in [-0.39, 0.29) is 42.6 Å². The Morgan fingerprint density at radius 3 is 2.70 bits per heavy atom. The van der Waals surface area contributed by atoms with Crippen molar-refractivity contribution in [3.63, 3.8) is 0 Å². The number of rotatable bonds is 8. The van der Waals surface area contributed by atoms with Crippen molar-refractivity contribution in [2.75, 3.05) is 39.9 Å². The van der Waals surface area contributed by atoms with Crippen LogP contribution in [0, 0.1) is 19.8 Å². The van der Waals surface area contributed by atoms with E-state index in [0.29, 0.717) is 12.8 Å². The lowest BCUT2D eigenvalue weighted by Gasteiger charge is -2.34. The van der Waals surface area contributed by atoms with Crippen LogP contribution >= 0.6 is 0 Å². The monoisotopic (exact) mass is 409 g/mol. The highest BCUT2D eigenvalue weighted by molar-refractivity contribution is 7.89. The quantitative estimate of drug-likeness (QED) is 0.645. The molecule has 1 aromatic heterocycles. The first-order valence-electron chi connectivity index (χ1n) is 8.67. The van der Waals surface area contributed by atoms with E-state index in [1.54, 1.807) is 0 Å². The third kappa shape index (κ3) is 5.02. The number of halogens is 2. The Labute approximate surface area is 157 Å². The van der Waals surface area contributed by atoms with Crippen LogP contribution in [0.3, 0.4) is 0 Å². The Balaban J connectivity index is 2.17. The zero-order chi connectivity index (χ0) is 20.2. The molecule has 0 N–H and O–H groups in total. The largest absolute Gasteiger partial charge is 0.383 e. The van der Waals surface area contributed by atoms with E-state index in [9.17, 15) is 22.0 Å². The van der Waals surface area contributed by atoms with E-state index < -0.39 is 34.8 Å². The second-order valence-corrected chi connectivity index (χ2v) is 8.40. The average Bonchev–Trinajstić information content (AvgIpc) is 2.97. The third-order valence-electron chi connectivity index (χ3n) is 4.53. The maximum Gasteiger partial charge on any atom is 0.255 e. The van der Waals surface area contributed by atoms with Crippen molar-refractivity contribution >= 4 is 15.9 Å². The molecule has 1 amide bonds. The van der Waals surface area contributed by atoms with Crippen LogP contribution in [0.5, 0.6) is 0 Å². The molecule has 2 heterocycles. The van der Waals surface area contributed by atoms with Crippen LogP contribution < -0.4 is 0 Å². The number of aryl methyl sites for hydroxylation is 2. The lowest BCUT2D eigenvalue weighted by molar-refractivity contribution is -0.139. The lowest BCUT2D eigenvalue weighted by atomic mass is 9.98. The van der Waals surface area contributed by atoms with Crippen LogP contribution in [0.4, 0.5) is 8.78 Å². The van der Waals surface area contributed by atoms with Gasteiger partial charge < -0.3 is 14.2 Å². The Kier molecular flexibility index (Phi) is 7.29. The summed E-state index contributed by atoms with van der Waals surface area (Å²) in [7, 11) is -2.46. The normalized spacial score (nSPS) is 18.8. The molecular formula is C16H25F2N3O5S. The molecule has 1 aromatic rings. The van der Waals surface area contributed by atoms with Gasteiger partial charge in [0.05, 0.1) is 19.1 Å². The number of methoxy groups -OCH3 is 1. The summed E-state index contributed by atoms with van der Waals surface area (Å²) in [5.41, 5.74) is 0.250. The topological polar surface area (TPSA) is 93.0 Å². The molecule has 1 unspecified atom stereocenters. The molecule has 1 aliphatic rings. The number of piperidine rings is 1. The van der Waals surface area contributed by atoms with Crippen LogP contribution in [0.15, 0.2) is 9.42 Å². The van der Waals surface area contributed by atoms with Crippen LogP contribution in [0.2, 0.25) is 0 Å². The summed E-state index contributed by atoms with van der Waals surface area (Å²) in [5.74, 6) is -0.976. The van der Waals surface area contributed by atoms with E-state index in [2.05, 4.69) is 5.16 Å². The molecule has 1 fully saturated rings. The van der Waals surface area contributed by atoms with Crippen molar-refractivity contribution in [1.29, 1.82) is 0 Å². The van der Waals surface area contributed by atoms with Crippen molar-refractivity contribution in [1.82, 2.24) is 14.4 Å². The maximum absolute atomic E-state index is 12.9. The molecule has 11 heteroatoms. The Morgan fingerprint density at radius 2 is 2.15 bits per heavy atom. The fraction of sp³-hybridized carbons (Fsp3) is 0.750. The van der Waals surface area contributed by atoms with Crippen molar-refractivity contribution in [2.45, 2.75) is 38.0 Å². The fourth-order valence-corrected chi connectivity index (χ4v) is 5.07. The maximum atomic E-state index is 12.9. The molecule has 8 nitrogen and oxygen atoms in total. The molecule has 1 saturated heterocycles. The molecule has 27 heavy (non-hydrogen) atoms. The van der Waals surface area contributed by atoms with Crippen molar-refractivity contribution in [3.8, 4) is 0 Å². The van der Waals surface area contributed by atoms with Gasteiger partial charge in [0.2, 0.25) is 15.9 Å². The van der Waals surface area contributed by atoms with Gasteiger partial charge in [0.25, 0.3) is 6.43 Å². The van der Waals surface area contributed by atoms with Gasteiger partial charge in [0.15, 0.2) is 5.76 Å². The zero-order valence-electron chi connectivity index (χ0n) is 15.7. The first-order chi connectivity index (χ1) is 12.7. The highest BCUT2D eigenvalue weighted by atomic mass is 32.2. The number of amides is 1. The van der Waals surface area contributed by atoms with E-state index in [4.69, 9.17) is 9.26 Å². The summed E-state index contributed by atoms with van der Waals surface area (Å²) in [4.78, 5) is 13.8. The van der Waals surface area contributed by atoms with Crippen molar-refractivity contribution in [2.24, 2.45) is 5.92 Å². The van der Waals surface area contributed by atoms with Gasteiger partial charge in [-0.25, -0.2) is 17.2 Å². The number of carbonyl (C=O) groups excluding carboxylic acids is 1. The zero-order valence-corrected chi connectivity index (χ0v) is 16.5. The first kappa shape index (κ1) is 21.7. The first-order valence-corrected chi connectivity index (χ1v) is 10.1. The van der Waals surface area contributed by atoms with Gasteiger partial charge in [-0.05, 0) is 26.7 Å². The smallest absolute Gasteiger partial charge is 0.255 e. The van der Waals surface area contributed by atoms with Gasteiger partial charge in [-0.1, -0.05) is 5.16 Å². The minimum Gasteiger partial charge on any atom is -0.383 e. The number of alkyl halides is 2.